The molecule has 0 unspecified atom stereocenters. The van der Waals surface area contributed by atoms with Crippen molar-refractivity contribution in [2.24, 2.45) is 0 Å². The number of aromatic nitrogens is 4. The molecule has 13 rings (SSSR count). The summed E-state index contributed by atoms with van der Waals surface area (Å²) in [5.74, 6) is 1.90. The predicted molar refractivity (Wildman–Crippen MR) is 299 cm³/mol. The SMILES string of the molecule is c1ccc(-c2ccc(N(c3ccc(-c4cccc5cccc(-c6cccc(-c7nc(-c8ccccc8)nc(-c8ccccc8)n7)c6)c45)cc3)c3ccc(-n4c5ccccc5c5ccccc54)cc3)cc2)cc1. The highest BCUT2D eigenvalue weighted by Gasteiger charge is 2.18. The van der Waals surface area contributed by atoms with Crippen molar-refractivity contribution in [3.63, 3.8) is 0 Å². The van der Waals surface area contributed by atoms with E-state index in [0.717, 1.165) is 61.7 Å². The van der Waals surface area contributed by atoms with Crippen LogP contribution in [0.3, 0.4) is 0 Å². The van der Waals surface area contributed by atoms with Crippen LogP contribution in [0.4, 0.5) is 17.1 Å². The summed E-state index contributed by atoms with van der Waals surface area (Å²) in [5.41, 5.74) is 16.4. The maximum absolute atomic E-state index is 5.06. The molecular weight excluding hydrogens is 875 g/mol. The topological polar surface area (TPSA) is 46.8 Å². The summed E-state index contributed by atoms with van der Waals surface area (Å²) < 4.78 is 2.37. The standard InChI is InChI=1S/C67H45N5/c1-4-17-46(18-5-1)47-33-37-54(38-34-47)71(56-41-43-57(44-42-56)72-62-31-12-10-27-60(62)61-28-11-13-32-63(61)72)55-39-35-48(36-40-55)58-29-15-23-49-24-16-30-59(64(49)58)52-25-14-26-53(45-52)67-69-65(50-19-6-2-7-20-50)68-66(70-67)51-21-8-3-9-22-51/h1-45H. The fourth-order valence-corrected chi connectivity index (χ4v) is 10.2. The Morgan fingerprint density at radius 2 is 0.667 bits per heavy atom. The summed E-state index contributed by atoms with van der Waals surface area (Å²) in [6, 6.07) is 96.8. The third-order valence-electron chi connectivity index (χ3n) is 13.7. The van der Waals surface area contributed by atoms with Gasteiger partial charge in [-0.05, 0) is 111 Å². The van der Waals surface area contributed by atoms with E-state index in [1.54, 1.807) is 0 Å². The minimum absolute atomic E-state index is 0.626. The monoisotopic (exact) mass is 919 g/mol. The van der Waals surface area contributed by atoms with Gasteiger partial charge in [0.25, 0.3) is 0 Å². The first-order valence-corrected chi connectivity index (χ1v) is 24.3. The molecule has 338 valence electrons. The Kier molecular flexibility index (Phi) is 10.8. The highest BCUT2D eigenvalue weighted by atomic mass is 15.1. The molecule has 2 aromatic heterocycles. The number of rotatable bonds is 10. The lowest BCUT2D eigenvalue weighted by atomic mass is 9.91. The van der Waals surface area contributed by atoms with Gasteiger partial charge in [0.1, 0.15) is 0 Å². The molecule has 0 spiro atoms. The molecule has 0 atom stereocenters. The number of para-hydroxylation sites is 2. The van der Waals surface area contributed by atoms with E-state index in [2.05, 4.69) is 222 Å². The molecule has 0 amide bonds. The number of hydrogen-bond acceptors (Lipinski definition) is 4. The van der Waals surface area contributed by atoms with Crippen molar-refractivity contribution in [2.45, 2.75) is 0 Å². The number of fused-ring (bicyclic) bond motifs is 4. The molecule has 11 aromatic carbocycles. The van der Waals surface area contributed by atoms with Crippen LogP contribution in [-0.2, 0) is 0 Å². The molecule has 0 radical (unpaired) electrons. The average molecular weight is 920 g/mol. The molecule has 0 N–H and O–H groups in total. The first kappa shape index (κ1) is 42.4. The lowest BCUT2D eigenvalue weighted by Gasteiger charge is -2.26. The van der Waals surface area contributed by atoms with Crippen molar-refractivity contribution in [1.29, 1.82) is 0 Å². The van der Waals surface area contributed by atoms with Gasteiger partial charge >= 0.3 is 0 Å². The van der Waals surface area contributed by atoms with Gasteiger partial charge in [0.2, 0.25) is 0 Å². The highest BCUT2D eigenvalue weighted by molar-refractivity contribution is 6.09. The van der Waals surface area contributed by atoms with Crippen LogP contribution in [0.25, 0.3) is 106 Å². The zero-order valence-electron chi connectivity index (χ0n) is 39.2. The lowest BCUT2D eigenvalue weighted by Crippen LogP contribution is -2.10. The van der Waals surface area contributed by atoms with Crippen molar-refractivity contribution in [3.8, 4) is 73.2 Å². The largest absolute Gasteiger partial charge is 0.311 e. The Morgan fingerprint density at radius 3 is 1.21 bits per heavy atom. The second-order valence-electron chi connectivity index (χ2n) is 18.0. The minimum Gasteiger partial charge on any atom is -0.311 e. The fourth-order valence-electron chi connectivity index (χ4n) is 10.2. The van der Waals surface area contributed by atoms with Crippen LogP contribution in [0.1, 0.15) is 0 Å². The van der Waals surface area contributed by atoms with Gasteiger partial charge in [-0.15, -0.1) is 0 Å². The second kappa shape index (κ2) is 18.3. The quantitative estimate of drug-likeness (QED) is 0.137. The zero-order chi connectivity index (χ0) is 47.8. The lowest BCUT2D eigenvalue weighted by molar-refractivity contribution is 1.07. The summed E-state index contributed by atoms with van der Waals surface area (Å²) in [6.07, 6.45) is 0. The van der Waals surface area contributed by atoms with Gasteiger partial charge in [-0.2, -0.15) is 0 Å². The highest BCUT2D eigenvalue weighted by Crippen LogP contribution is 2.42. The summed E-state index contributed by atoms with van der Waals surface area (Å²) in [6.45, 7) is 0. The van der Waals surface area contributed by atoms with E-state index in [1.165, 1.54) is 43.7 Å². The molecule has 0 saturated heterocycles. The molecule has 0 aliphatic carbocycles. The van der Waals surface area contributed by atoms with E-state index in [9.17, 15) is 0 Å². The second-order valence-corrected chi connectivity index (χ2v) is 18.0. The van der Waals surface area contributed by atoms with Crippen molar-refractivity contribution in [1.82, 2.24) is 19.5 Å². The third-order valence-corrected chi connectivity index (χ3v) is 13.7. The van der Waals surface area contributed by atoms with Crippen molar-refractivity contribution in [2.75, 3.05) is 4.90 Å². The van der Waals surface area contributed by atoms with Crippen LogP contribution >= 0.6 is 0 Å². The van der Waals surface area contributed by atoms with Gasteiger partial charge in [0.05, 0.1) is 11.0 Å². The van der Waals surface area contributed by atoms with Gasteiger partial charge in [0.15, 0.2) is 17.5 Å². The number of nitrogens with zero attached hydrogens (tertiary/aromatic N) is 5. The van der Waals surface area contributed by atoms with Gasteiger partial charge in [0, 0.05) is 50.2 Å². The molecule has 0 aliphatic rings. The number of hydrogen-bond donors (Lipinski definition) is 0. The minimum atomic E-state index is 0.626. The Labute approximate surface area is 418 Å². The van der Waals surface area contributed by atoms with Gasteiger partial charge < -0.3 is 9.47 Å². The summed E-state index contributed by atoms with van der Waals surface area (Å²) >= 11 is 0. The normalized spacial score (nSPS) is 11.3. The average Bonchev–Trinajstić information content (AvgIpc) is 3.80. The van der Waals surface area contributed by atoms with E-state index in [0.29, 0.717) is 17.5 Å². The molecule has 2 heterocycles. The summed E-state index contributed by atoms with van der Waals surface area (Å²) in [5, 5.41) is 4.85. The summed E-state index contributed by atoms with van der Waals surface area (Å²) in [4.78, 5) is 17.4. The van der Waals surface area contributed by atoms with Crippen LogP contribution in [0.2, 0.25) is 0 Å². The molecule has 5 nitrogen and oxygen atoms in total. The fraction of sp³-hybridized carbons (Fsp3) is 0. The van der Waals surface area contributed by atoms with Crippen LogP contribution in [0.15, 0.2) is 273 Å². The molecular formula is C67H45N5. The van der Waals surface area contributed by atoms with Crippen molar-refractivity contribution >= 4 is 49.6 Å². The van der Waals surface area contributed by atoms with E-state index in [1.807, 2.05) is 60.7 Å². The molecule has 0 bridgehead atoms. The molecule has 0 aliphatic heterocycles. The molecule has 0 saturated carbocycles. The zero-order valence-corrected chi connectivity index (χ0v) is 39.2. The maximum Gasteiger partial charge on any atom is 0.164 e. The molecule has 5 heteroatoms. The third kappa shape index (κ3) is 7.85. The van der Waals surface area contributed by atoms with Crippen molar-refractivity contribution < 1.29 is 0 Å². The smallest absolute Gasteiger partial charge is 0.164 e. The van der Waals surface area contributed by atoms with Gasteiger partial charge in [-0.25, -0.2) is 15.0 Å². The molecule has 13 aromatic rings. The van der Waals surface area contributed by atoms with Crippen LogP contribution in [0.5, 0.6) is 0 Å². The van der Waals surface area contributed by atoms with Gasteiger partial charge in [-0.1, -0.05) is 206 Å². The number of anilines is 3. The predicted octanol–water partition coefficient (Wildman–Crippen LogP) is 17.6. The Bertz CT molecular complexity index is 3940. The Balaban J connectivity index is 0.886. The first-order valence-electron chi connectivity index (χ1n) is 24.3. The summed E-state index contributed by atoms with van der Waals surface area (Å²) in [7, 11) is 0. The van der Waals surface area contributed by atoms with Gasteiger partial charge in [-0.3, -0.25) is 0 Å². The van der Waals surface area contributed by atoms with E-state index < -0.39 is 0 Å². The van der Waals surface area contributed by atoms with Crippen molar-refractivity contribution in [3.05, 3.63) is 273 Å². The van der Waals surface area contributed by atoms with E-state index in [-0.39, 0.29) is 0 Å². The number of benzene rings is 11. The first-order chi connectivity index (χ1) is 35.7. The maximum atomic E-state index is 5.06. The Hall–Kier alpha value is -9.71. The van der Waals surface area contributed by atoms with E-state index >= 15 is 0 Å². The van der Waals surface area contributed by atoms with Crippen LogP contribution < -0.4 is 4.90 Å². The Morgan fingerprint density at radius 1 is 0.278 bits per heavy atom. The van der Waals surface area contributed by atoms with Crippen LogP contribution in [-0.4, -0.2) is 19.5 Å². The van der Waals surface area contributed by atoms with Crippen LogP contribution in [0, 0.1) is 0 Å². The molecule has 72 heavy (non-hydrogen) atoms. The van der Waals surface area contributed by atoms with E-state index in [4.69, 9.17) is 15.0 Å². The molecule has 0 fully saturated rings.